The molecule has 40 heavy (non-hydrogen) atoms. The SMILES string of the molecule is CC1CC(c2ccncc2Nc2ncc3ccc(-c4c(F)cc(C5(O)CCCC5)cc4F)nn23)CC(N)C1(C)O. The van der Waals surface area contributed by atoms with Gasteiger partial charge in [-0.1, -0.05) is 19.8 Å². The molecule has 8 nitrogen and oxygen atoms in total. The highest BCUT2D eigenvalue weighted by molar-refractivity contribution is 5.66. The predicted molar refractivity (Wildman–Crippen MR) is 148 cm³/mol. The number of rotatable bonds is 5. The molecule has 2 aliphatic rings. The van der Waals surface area contributed by atoms with Crippen molar-refractivity contribution in [3.05, 3.63) is 71.7 Å². The minimum Gasteiger partial charge on any atom is -0.388 e. The zero-order valence-electron chi connectivity index (χ0n) is 22.6. The molecule has 210 valence electrons. The fourth-order valence-corrected chi connectivity index (χ4v) is 6.35. The van der Waals surface area contributed by atoms with Gasteiger partial charge in [-0.3, -0.25) is 4.98 Å². The number of aromatic nitrogens is 4. The summed E-state index contributed by atoms with van der Waals surface area (Å²) in [7, 11) is 0. The number of anilines is 2. The summed E-state index contributed by atoms with van der Waals surface area (Å²) in [4.78, 5) is 8.74. The van der Waals surface area contributed by atoms with E-state index in [0.29, 0.717) is 30.7 Å². The van der Waals surface area contributed by atoms with Crippen LogP contribution < -0.4 is 11.1 Å². The van der Waals surface area contributed by atoms with Gasteiger partial charge in [0, 0.05) is 12.2 Å². The monoisotopic (exact) mass is 548 g/mol. The van der Waals surface area contributed by atoms with Gasteiger partial charge in [0.1, 0.15) is 11.6 Å². The predicted octanol–water partition coefficient (Wildman–Crippen LogP) is 5.17. The fraction of sp³-hybridized carbons (Fsp3) is 0.433. The van der Waals surface area contributed by atoms with Crippen LogP contribution in [0.2, 0.25) is 0 Å². The topological polar surface area (TPSA) is 122 Å². The average molecular weight is 549 g/mol. The molecule has 0 amide bonds. The Balaban J connectivity index is 1.33. The maximum absolute atomic E-state index is 15.3. The van der Waals surface area contributed by atoms with Gasteiger partial charge in [0.15, 0.2) is 0 Å². The molecule has 2 aliphatic carbocycles. The van der Waals surface area contributed by atoms with Gasteiger partial charge < -0.3 is 21.3 Å². The molecule has 4 aromatic rings. The normalized spacial score (nSPS) is 26.3. The molecule has 10 heteroatoms. The van der Waals surface area contributed by atoms with Crippen LogP contribution in [0.15, 0.2) is 48.9 Å². The molecule has 0 aliphatic heterocycles. The van der Waals surface area contributed by atoms with Crippen LogP contribution in [0.1, 0.15) is 69.4 Å². The zero-order valence-corrected chi connectivity index (χ0v) is 22.6. The third kappa shape index (κ3) is 4.53. The molecule has 0 saturated heterocycles. The summed E-state index contributed by atoms with van der Waals surface area (Å²) in [5.41, 5.74) is 6.68. The number of halogens is 2. The standard InChI is InChI=1S/C30H34F2N6O2/c1-17-11-18(12-26(33)29(17,2)39)21-7-10-34-16-25(21)36-28-35-15-20-5-6-24(37-38(20)28)27-22(31)13-19(14-23(27)32)30(40)8-3-4-9-30/h5-7,10,13-18,26,39-40H,3-4,8-9,11-12,33H2,1-2H3,(H,35,36). The minimum absolute atomic E-state index is 0.00399. The second-order valence-electron chi connectivity index (χ2n) is 11.7. The first kappa shape index (κ1) is 26.7. The largest absolute Gasteiger partial charge is 0.388 e. The van der Waals surface area contributed by atoms with E-state index >= 15 is 8.78 Å². The van der Waals surface area contributed by atoms with Crippen LogP contribution in [0.25, 0.3) is 16.8 Å². The van der Waals surface area contributed by atoms with Gasteiger partial charge in [0.05, 0.1) is 46.1 Å². The molecule has 6 rings (SSSR count). The lowest BCUT2D eigenvalue weighted by Crippen LogP contribution is -2.54. The second-order valence-corrected chi connectivity index (χ2v) is 11.7. The van der Waals surface area contributed by atoms with Crippen molar-refractivity contribution in [2.45, 2.75) is 75.5 Å². The van der Waals surface area contributed by atoms with E-state index in [1.807, 2.05) is 13.0 Å². The Bertz CT molecular complexity index is 1530. The van der Waals surface area contributed by atoms with Crippen LogP contribution in [-0.2, 0) is 5.60 Å². The lowest BCUT2D eigenvalue weighted by Gasteiger charge is -2.44. The van der Waals surface area contributed by atoms with Crippen LogP contribution >= 0.6 is 0 Å². The Hall–Kier alpha value is -3.47. The van der Waals surface area contributed by atoms with Crippen LogP contribution in [0.5, 0.6) is 0 Å². The van der Waals surface area contributed by atoms with E-state index in [-0.39, 0.29) is 34.7 Å². The van der Waals surface area contributed by atoms with E-state index in [1.54, 1.807) is 37.6 Å². The first-order chi connectivity index (χ1) is 19.1. The van der Waals surface area contributed by atoms with Gasteiger partial charge in [-0.2, -0.15) is 9.61 Å². The number of nitrogens with two attached hydrogens (primary N) is 1. The highest BCUT2D eigenvalue weighted by atomic mass is 19.1. The number of fused-ring (bicyclic) bond motifs is 1. The number of imidazole rings is 1. The molecule has 2 fully saturated rings. The molecule has 4 unspecified atom stereocenters. The third-order valence-electron chi connectivity index (χ3n) is 9.12. The highest BCUT2D eigenvalue weighted by Crippen LogP contribution is 2.43. The number of nitrogens with zero attached hydrogens (tertiary/aromatic N) is 4. The second kappa shape index (κ2) is 9.87. The number of hydrogen-bond donors (Lipinski definition) is 4. The van der Waals surface area contributed by atoms with Crippen molar-refractivity contribution >= 4 is 17.2 Å². The average Bonchev–Trinajstić information content (AvgIpc) is 3.54. The summed E-state index contributed by atoms with van der Waals surface area (Å²) in [5, 5.41) is 29.4. The van der Waals surface area contributed by atoms with Crippen LogP contribution in [-0.4, -0.2) is 41.4 Å². The fourth-order valence-electron chi connectivity index (χ4n) is 6.35. The molecule has 4 atom stereocenters. The highest BCUT2D eigenvalue weighted by Gasteiger charge is 2.42. The molecule has 3 aromatic heterocycles. The van der Waals surface area contributed by atoms with E-state index < -0.39 is 22.8 Å². The zero-order chi connectivity index (χ0) is 28.2. The van der Waals surface area contributed by atoms with Crippen LogP contribution in [0.4, 0.5) is 20.4 Å². The van der Waals surface area contributed by atoms with Crippen molar-refractivity contribution < 1.29 is 19.0 Å². The molecule has 0 bridgehead atoms. The summed E-state index contributed by atoms with van der Waals surface area (Å²) >= 11 is 0. The summed E-state index contributed by atoms with van der Waals surface area (Å²) < 4.78 is 32.1. The summed E-state index contributed by atoms with van der Waals surface area (Å²) in [6.07, 6.45) is 9.04. The molecule has 2 saturated carbocycles. The Morgan fingerprint density at radius 1 is 1.05 bits per heavy atom. The quantitative estimate of drug-likeness (QED) is 0.272. The number of benzene rings is 1. The van der Waals surface area contributed by atoms with Crippen molar-refractivity contribution in [2.75, 3.05) is 5.32 Å². The Morgan fingerprint density at radius 3 is 2.48 bits per heavy atom. The summed E-state index contributed by atoms with van der Waals surface area (Å²) in [5.74, 6) is -1.08. The number of pyridine rings is 1. The van der Waals surface area contributed by atoms with Crippen molar-refractivity contribution in [1.29, 1.82) is 0 Å². The van der Waals surface area contributed by atoms with Crippen LogP contribution in [0, 0.1) is 17.6 Å². The Labute approximate surface area is 231 Å². The van der Waals surface area contributed by atoms with Crippen molar-refractivity contribution in [3.63, 3.8) is 0 Å². The molecular formula is C30H34F2N6O2. The van der Waals surface area contributed by atoms with Gasteiger partial charge in [-0.05, 0) is 85.9 Å². The van der Waals surface area contributed by atoms with E-state index in [1.165, 1.54) is 16.6 Å². The summed E-state index contributed by atoms with van der Waals surface area (Å²) in [6, 6.07) is 7.26. The van der Waals surface area contributed by atoms with Crippen molar-refractivity contribution in [2.24, 2.45) is 11.7 Å². The number of aliphatic hydroxyl groups is 2. The van der Waals surface area contributed by atoms with Gasteiger partial charge in [0.2, 0.25) is 5.95 Å². The Kier molecular flexibility index (Phi) is 6.59. The third-order valence-corrected chi connectivity index (χ3v) is 9.12. The maximum atomic E-state index is 15.3. The first-order valence-corrected chi connectivity index (χ1v) is 13.8. The van der Waals surface area contributed by atoms with Crippen LogP contribution in [0.3, 0.4) is 0 Å². The number of nitrogens with one attached hydrogen (secondary N) is 1. The van der Waals surface area contributed by atoms with Gasteiger partial charge in [-0.25, -0.2) is 13.8 Å². The molecule has 1 aromatic carbocycles. The minimum atomic E-state index is -1.20. The molecule has 0 radical (unpaired) electrons. The molecular weight excluding hydrogens is 514 g/mol. The molecule has 3 heterocycles. The van der Waals surface area contributed by atoms with E-state index in [0.717, 1.165) is 30.5 Å². The van der Waals surface area contributed by atoms with E-state index in [9.17, 15) is 10.2 Å². The smallest absolute Gasteiger partial charge is 0.229 e. The van der Waals surface area contributed by atoms with Gasteiger partial charge in [-0.15, -0.1) is 0 Å². The number of hydrogen-bond acceptors (Lipinski definition) is 7. The van der Waals surface area contributed by atoms with Gasteiger partial charge in [0.25, 0.3) is 0 Å². The van der Waals surface area contributed by atoms with Gasteiger partial charge >= 0.3 is 0 Å². The maximum Gasteiger partial charge on any atom is 0.229 e. The first-order valence-electron chi connectivity index (χ1n) is 13.8. The van der Waals surface area contributed by atoms with E-state index in [2.05, 4.69) is 20.4 Å². The lowest BCUT2D eigenvalue weighted by atomic mass is 9.68. The summed E-state index contributed by atoms with van der Waals surface area (Å²) in [6.45, 7) is 3.80. The van der Waals surface area contributed by atoms with E-state index in [4.69, 9.17) is 5.73 Å². The van der Waals surface area contributed by atoms with Crippen molar-refractivity contribution in [3.8, 4) is 11.3 Å². The van der Waals surface area contributed by atoms with Crippen molar-refractivity contribution in [1.82, 2.24) is 19.6 Å². The molecule has 0 spiro atoms. The lowest BCUT2D eigenvalue weighted by molar-refractivity contribution is -0.0463. The Morgan fingerprint density at radius 2 is 1.77 bits per heavy atom. The molecule has 5 N–H and O–H groups in total.